The molecule has 1 amide bonds. The molecule has 2 aromatic rings. The van der Waals surface area contributed by atoms with E-state index in [-0.39, 0.29) is 5.91 Å². The van der Waals surface area contributed by atoms with Crippen molar-refractivity contribution in [3.63, 3.8) is 0 Å². The van der Waals surface area contributed by atoms with E-state index in [1.54, 1.807) is 0 Å². The first-order chi connectivity index (χ1) is 8.58. The van der Waals surface area contributed by atoms with E-state index in [1.807, 2.05) is 56.3 Å². The van der Waals surface area contributed by atoms with Crippen molar-refractivity contribution in [1.82, 2.24) is 0 Å². The Morgan fingerprint density at radius 2 is 1.83 bits per heavy atom. The van der Waals surface area contributed by atoms with E-state index < -0.39 is 0 Å². The Morgan fingerprint density at radius 1 is 1.11 bits per heavy atom. The lowest BCUT2D eigenvalue weighted by Gasteiger charge is -2.09. The van der Waals surface area contributed by atoms with E-state index in [1.165, 1.54) is 0 Å². The zero-order valence-electron chi connectivity index (χ0n) is 10.3. The maximum atomic E-state index is 12.2. The minimum absolute atomic E-state index is 0.0839. The average Bonchev–Trinajstić information content (AvgIpc) is 2.32. The van der Waals surface area contributed by atoms with Crippen molar-refractivity contribution in [2.24, 2.45) is 0 Å². The van der Waals surface area contributed by atoms with E-state index in [2.05, 4.69) is 21.2 Å². The molecule has 0 radical (unpaired) electrons. The van der Waals surface area contributed by atoms with Crippen LogP contribution in [-0.4, -0.2) is 5.91 Å². The number of rotatable bonds is 2. The van der Waals surface area contributed by atoms with Gasteiger partial charge in [0.25, 0.3) is 5.91 Å². The van der Waals surface area contributed by atoms with Gasteiger partial charge in [-0.25, -0.2) is 0 Å². The van der Waals surface area contributed by atoms with Gasteiger partial charge in [0.15, 0.2) is 0 Å². The monoisotopic (exact) mass is 303 g/mol. The van der Waals surface area contributed by atoms with E-state index in [9.17, 15) is 4.79 Å². The number of aryl methyl sites for hydroxylation is 2. The van der Waals surface area contributed by atoms with Gasteiger partial charge in [0.1, 0.15) is 0 Å². The van der Waals surface area contributed by atoms with Gasteiger partial charge in [-0.1, -0.05) is 29.8 Å². The van der Waals surface area contributed by atoms with Crippen molar-refractivity contribution in [3.05, 3.63) is 63.6 Å². The van der Waals surface area contributed by atoms with E-state index in [4.69, 9.17) is 0 Å². The second-order valence-electron chi connectivity index (χ2n) is 4.25. The number of anilines is 1. The van der Waals surface area contributed by atoms with Gasteiger partial charge in [0.2, 0.25) is 0 Å². The molecule has 1 N–H and O–H groups in total. The third-order valence-electron chi connectivity index (χ3n) is 2.75. The Hall–Kier alpha value is -1.61. The number of hydrogen-bond donors (Lipinski definition) is 1. The summed E-state index contributed by atoms with van der Waals surface area (Å²) in [6.07, 6.45) is 0. The van der Waals surface area contributed by atoms with Crippen LogP contribution in [0.4, 0.5) is 5.69 Å². The lowest BCUT2D eigenvalue weighted by molar-refractivity contribution is 0.102. The topological polar surface area (TPSA) is 29.1 Å². The first-order valence-electron chi connectivity index (χ1n) is 5.71. The molecule has 0 saturated heterocycles. The molecule has 0 unspecified atom stereocenters. The quantitative estimate of drug-likeness (QED) is 0.879. The average molecular weight is 304 g/mol. The zero-order chi connectivity index (χ0) is 13.1. The summed E-state index contributed by atoms with van der Waals surface area (Å²) >= 11 is 3.41. The summed E-state index contributed by atoms with van der Waals surface area (Å²) in [5, 5.41) is 2.90. The van der Waals surface area contributed by atoms with Gasteiger partial charge in [-0.2, -0.15) is 0 Å². The summed E-state index contributed by atoms with van der Waals surface area (Å²) in [6, 6.07) is 13.4. The first kappa shape index (κ1) is 12.8. The number of halogens is 1. The Kier molecular flexibility index (Phi) is 3.82. The van der Waals surface area contributed by atoms with Crippen molar-refractivity contribution >= 4 is 27.5 Å². The summed E-state index contributed by atoms with van der Waals surface area (Å²) in [5.74, 6) is -0.0839. The second kappa shape index (κ2) is 5.36. The summed E-state index contributed by atoms with van der Waals surface area (Å²) < 4.78 is 0.878. The molecule has 92 valence electrons. The first-order valence-corrected chi connectivity index (χ1v) is 6.50. The standard InChI is InChI=1S/C15H14BrNO/c1-10-7-8-12(11(2)9-10)15(18)17-14-6-4-3-5-13(14)16/h3-9H,1-2H3,(H,17,18). The number of hydrogen-bond acceptors (Lipinski definition) is 1. The fourth-order valence-corrected chi connectivity index (χ4v) is 2.20. The van der Waals surface area contributed by atoms with Gasteiger partial charge >= 0.3 is 0 Å². The van der Waals surface area contributed by atoms with Crippen LogP contribution < -0.4 is 5.32 Å². The number of amides is 1. The minimum atomic E-state index is -0.0839. The maximum absolute atomic E-state index is 12.2. The Labute approximate surface area is 115 Å². The SMILES string of the molecule is Cc1ccc(C(=O)Nc2ccccc2Br)c(C)c1. The predicted octanol–water partition coefficient (Wildman–Crippen LogP) is 4.32. The van der Waals surface area contributed by atoms with Crippen LogP contribution in [0.15, 0.2) is 46.9 Å². The Bertz CT molecular complexity index is 593. The predicted molar refractivity (Wildman–Crippen MR) is 78.0 cm³/mol. The molecule has 2 aromatic carbocycles. The van der Waals surface area contributed by atoms with Crippen LogP contribution in [0, 0.1) is 13.8 Å². The van der Waals surface area contributed by atoms with Crippen LogP contribution in [0.25, 0.3) is 0 Å². The van der Waals surface area contributed by atoms with Crippen molar-refractivity contribution in [3.8, 4) is 0 Å². The number of para-hydroxylation sites is 1. The molecule has 0 atom stereocenters. The normalized spacial score (nSPS) is 10.2. The van der Waals surface area contributed by atoms with Gasteiger partial charge in [0, 0.05) is 10.0 Å². The lowest BCUT2D eigenvalue weighted by Crippen LogP contribution is -2.13. The Morgan fingerprint density at radius 3 is 2.50 bits per heavy atom. The van der Waals surface area contributed by atoms with Crippen LogP contribution in [0.1, 0.15) is 21.5 Å². The zero-order valence-corrected chi connectivity index (χ0v) is 11.9. The number of nitrogens with one attached hydrogen (secondary N) is 1. The van der Waals surface area contributed by atoms with Crippen molar-refractivity contribution < 1.29 is 4.79 Å². The Balaban J connectivity index is 2.25. The highest BCUT2D eigenvalue weighted by molar-refractivity contribution is 9.10. The smallest absolute Gasteiger partial charge is 0.255 e. The fraction of sp³-hybridized carbons (Fsp3) is 0.133. The van der Waals surface area contributed by atoms with Crippen LogP contribution in [0.3, 0.4) is 0 Å². The lowest BCUT2D eigenvalue weighted by atomic mass is 10.1. The highest BCUT2D eigenvalue weighted by Crippen LogP contribution is 2.22. The molecule has 2 nitrogen and oxygen atoms in total. The molecule has 3 heteroatoms. The van der Waals surface area contributed by atoms with Gasteiger partial charge in [0.05, 0.1) is 5.69 Å². The number of carbonyl (C=O) groups excluding carboxylic acids is 1. The van der Waals surface area contributed by atoms with Gasteiger partial charge in [-0.15, -0.1) is 0 Å². The van der Waals surface area contributed by atoms with Crippen LogP contribution in [-0.2, 0) is 0 Å². The molecule has 0 bridgehead atoms. The van der Waals surface area contributed by atoms with E-state index >= 15 is 0 Å². The van der Waals surface area contributed by atoms with E-state index in [0.29, 0.717) is 5.56 Å². The molecule has 0 aliphatic rings. The molecular formula is C15H14BrNO. The third kappa shape index (κ3) is 2.79. The van der Waals surface area contributed by atoms with Crippen LogP contribution in [0.5, 0.6) is 0 Å². The second-order valence-corrected chi connectivity index (χ2v) is 5.11. The maximum Gasteiger partial charge on any atom is 0.255 e. The fourth-order valence-electron chi connectivity index (χ4n) is 1.82. The molecule has 0 aliphatic heterocycles. The molecule has 2 rings (SSSR count). The molecule has 18 heavy (non-hydrogen) atoms. The van der Waals surface area contributed by atoms with Gasteiger partial charge in [-0.3, -0.25) is 4.79 Å². The van der Waals surface area contributed by atoms with Crippen molar-refractivity contribution in [2.45, 2.75) is 13.8 Å². The molecule has 0 saturated carbocycles. The van der Waals surface area contributed by atoms with Crippen molar-refractivity contribution in [1.29, 1.82) is 0 Å². The third-order valence-corrected chi connectivity index (χ3v) is 3.44. The number of carbonyl (C=O) groups is 1. The highest BCUT2D eigenvalue weighted by atomic mass is 79.9. The summed E-state index contributed by atoms with van der Waals surface area (Å²) in [7, 11) is 0. The van der Waals surface area contributed by atoms with Crippen molar-refractivity contribution in [2.75, 3.05) is 5.32 Å². The molecule has 0 aliphatic carbocycles. The summed E-state index contributed by atoms with van der Waals surface area (Å²) in [5.41, 5.74) is 3.63. The largest absolute Gasteiger partial charge is 0.321 e. The minimum Gasteiger partial charge on any atom is -0.321 e. The highest BCUT2D eigenvalue weighted by Gasteiger charge is 2.10. The molecule has 0 aromatic heterocycles. The van der Waals surface area contributed by atoms with E-state index in [0.717, 1.165) is 21.3 Å². The van der Waals surface area contributed by atoms with Gasteiger partial charge in [-0.05, 0) is 53.5 Å². The van der Waals surface area contributed by atoms with Crippen LogP contribution in [0.2, 0.25) is 0 Å². The van der Waals surface area contributed by atoms with Gasteiger partial charge < -0.3 is 5.32 Å². The van der Waals surface area contributed by atoms with Crippen LogP contribution >= 0.6 is 15.9 Å². The summed E-state index contributed by atoms with van der Waals surface area (Å²) in [4.78, 5) is 12.2. The molecule has 0 spiro atoms. The molecular weight excluding hydrogens is 290 g/mol. The molecule has 0 fully saturated rings. The molecule has 0 heterocycles. The summed E-state index contributed by atoms with van der Waals surface area (Å²) in [6.45, 7) is 3.96. The number of benzene rings is 2.